The van der Waals surface area contributed by atoms with E-state index in [1.54, 1.807) is 19.9 Å². The maximum absolute atomic E-state index is 13.7. The van der Waals surface area contributed by atoms with Crippen molar-refractivity contribution in [1.82, 2.24) is 5.32 Å². The van der Waals surface area contributed by atoms with Crippen LogP contribution in [-0.2, 0) is 4.79 Å². The molecule has 0 aromatic heterocycles. The van der Waals surface area contributed by atoms with Crippen LogP contribution in [0.4, 0.5) is 18.9 Å². The van der Waals surface area contributed by atoms with Gasteiger partial charge in [0.25, 0.3) is 0 Å². The van der Waals surface area contributed by atoms with Gasteiger partial charge in [-0.05, 0) is 32.0 Å². The Hall–Kier alpha value is -2.34. The van der Waals surface area contributed by atoms with Crippen LogP contribution in [0, 0.1) is 17.5 Å². The minimum atomic E-state index is -0.700. The summed E-state index contributed by atoms with van der Waals surface area (Å²) in [4.78, 5) is 12.1. The SMILES string of the molecule is C[C@@H](N[C@H](C)c1ccc(F)cc1F)C(=O)Nc1ccccc1F. The van der Waals surface area contributed by atoms with Crippen molar-refractivity contribution in [2.45, 2.75) is 25.9 Å². The van der Waals surface area contributed by atoms with E-state index in [-0.39, 0.29) is 11.3 Å². The summed E-state index contributed by atoms with van der Waals surface area (Å²) in [5.74, 6) is -2.34. The van der Waals surface area contributed by atoms with Gasteiger partial charge in [0.15, 0.2) is 0 Å². The molecule has 0 radical (unpaired) electrons. The number of benzene rings is 2. The van der Waals surface area contributed by atoms with Crippen molar-refractivity contribution in [2.75, 3.05) is 5.32 Å². The predicted octanol–water partition coefficient (Wildman–Crippen LogP) is 3.78. The van der Waals surface area contributed by atoms with Gasteiger partial charge in [0.05, 0.1) is 11.7 Å². The molecule has 0 heterocycles. The quantitative estimate of drug-likeness (QED) is 0.879. The third kappa shape index (κ3) is 4.32. The zero-order valence-corrected chi connectivity index (χ0v) is 12.7. The fourth-order valence-corrected chi connectivity index (χ4v) is 2.20. The van der Waals surface area contributed by atoms with Crippen molar-refractivity contribution in [3.05, 3.63) is 65.5 Å². The highest BCUT2D eigenvalue weighted by Gasteiger charge is 2.19. The molecule has 0 saturated heterocycles. The third-order valence-electron chi connectivity index (χ3n) is 3.45. The smallest absolute Gasteiger partial charge is 0.241 e. The van der Waals surface area contributed by atoms with Crippen LogP contribution in [-0.4, -0.2) is 11.9 Å². The third-order valence-corrected chi connectivity index (χ3v) is 3.45. The van der Waals surface area contributed by atoms with Crippen LogP contribution >= 0.6 is 0 Å². The molecule has 23 heavy (non-hydrogen) atoms. The zero-order valence-electron chi connectivity index (χ0n) is 12.7. The lowest BCUT2D eigenvalue weighted by Gasteiger charge is -2.20. The lowest BCUT2D eigenvalue weighted by molar-refractivity contribution is -0.118. The summed E-state index contributed by atoms with van der Waals surface area (Å²) >= 11 is 0. The van der Waals surface area contributed by atoms with Crippen LogP contribution in [0.15, 0.2) is 42.5 Å². The molecule has 2 atom stereocenters. The maximum atomic E-state index is 13.7. The van der Waals surface area contributed by atoms with Gasteiger partial charge in [-0.1, -0.05) is 18.2 Å². The highest BCUT2D eigenvalue weighted by molar-refractivity contribution is 5.94. The van der Waals surface area contributed by atoms with Gasteiger partial charge in [-0.2, -0.15) is 0 Å². The Morgan fingerprint density at radius 1 is 1.00 bits per heavy atom. The molecule has 0 aliphatic heterocycles. The Balaban J connectivity index is 2.01. The average molecular weight is 322 g/mol. The van der Waals surface area contributed by atoms with Crippen molar-refractivity contribution in [1.29, 1.82) is 0 Å². The Morgan fingerprint density at radius 3 is 2.35 bits per heavy atom. The largest absolute Gasteiger partial charge is 0.322 e. The van der Waals surface area contributed by atoms with E-state index in [0.29, 0.717) is 0 Å². The molecule has 0 unspecified atom stereocenters. The second-order valence-corrected chi connectivity index (χ2v) is 5.24. The molecule has 122 valence electrons. The minimum Gasteiger partial charge on any atom is -0.322 e. The monoisotopic (exact) mass is 322 g/mol. The summed E-state index contributed by atoms with van der Waals surface area (Å²) in [5, 5.41) is 5.36. The molecule has 1 amide bonds. The van der Waals surface area contributed by atoms with E-state index in [1.807, 2.05) is 0 Å². The summed E-state index contributed by atoms with van der Waals surface area (Å²) in [6.07, 6.45) is 0. The number of hydrogen-bond donors (Lipinski definition) is 2. The first-order chi connectivity index (χ1) is 10.9. The van der Waals surface area contributed by atoms with Crippen molar-refractivity contribution in [3.8, 4) is 0 Å². The fraction of sp³-hybridized carbons (Fsp3) is 0.235. The normalized spacial score (nSPS) is 13.4. The number of rotatable bonds is 5. The molecule has 0 spiro atoms. The van der Waals surface area contributed by atoms with Gasteiger partial charge in [-0.3, -0.25) is 10.1 Å². The lowest BCUT2D eigenvalue weighted by atomic mass is 10.1. The van der Waals surface area contributed by atoms with Crippen LogP contribution in [0.1, 0.15) is 25.5 Å². The van der Waals surface area contributed by atoms with Gasteiger partial charge < -0.3 is 5.32 Å². The van der Waals surface area contributed by atoms with Gasteiger partial charge in [0.1, 0.15) is 17.5 Å². The van der Waals surface area contributed by atoms with Crippen LogP contribution in [0.5, 0.6) is 0 Å². The van der Waals surface area contributed by atoms with Gasteiger partial charge in [-0.15, -0.1) is 0 Å². The van der Waals surface area contributed by atoms with Gasteiger partial charge in [-0.25, -0.2) is 13.2 Å². The Kier molecular flexibility index (Phi) is 5.39. The van der Waals surface area contributed by atoms with Crippen molar-refractivity contribution >= 4 is 11.6 Å². The molecule has 6 heteroatoms. The topological polar surface area (TPSA) is 41.1 Å². The summed E-state index contributed by atoms with van der Waals surface area (Å²) in [7, 11) is 0. The van der Waals surface area contributed by atoms with Gasteiger partial charge >= 0.3 is 0 Å². The van der Waals surface area contributed by atoms with Crippen molar-refractivity contribution in [3.63, 3.8) is 0 Å². The number of anilines is 1. The molecule has 3 nitrogen and oxygen atoms in total. The summed E-state index contributed by atoms with van der Waals surface area (Å²) in [5.41, 5.74) is 0.323. The van der Waals surface area contributed by atoms with E-state index in [4.69, 9.17) is 0 Å². The first-order valence-corrected chi connectivity index (χ1v) is 7.15. The molecule has 0 bridgehead atoms. The molecule has 2 aromatic rings. The molecular weight excluding hydrogens is 305 g/mol. The fourth-order valence-electron chi connectivity index (χ4n) is 2.20. The van der Waals surface area contributed by atoms with E-state index < -0.39 is 35.4 Å². The van der Waals surface area contributed by atoms with Gasteiger partial charge in [0.2, 0.25) is 5.91 Å². The molecule has 0 aliphatic carbocycles. The van der Waals surface area contributed by atoms with Crippen LogP contribution in [0.3, 0.4) is 0 Å². The molecule has 0 saturated carbocycles. The summed E-state index contributed by atoms with van der Waals surface area (Å²) in [6.45, 7) is 3.23. The zero-order chi connectivity index (χ0) is 17.0. The molecule has 2 N–H and O–H groups in total. The second kappa shape index (κ2) is 7.28. The average Bonchev–Trinajstić information content (AvgIpc) is 2.49. The van der Waals surface area contributed by atoms with Crippen molar-refractivity contribution < 1.29 is 18.0 Å². The highest BCUT2D eigenvalue weighted by Crippen LogP contribution is 2.19. The van der Waals surface area contributed by atoms with Crippen LogP contribution in [0.25, 0.3) is 0 Å². The van der Waals surface area contributed by atoms with Crippen molar-refractivity contribution in [2.24, 2.45) is 0 Å². The van der Waals surface area contributed by atoms with Gasteiger partial charge in [0, 0.05) is 17.7 Å². The number of carbonyl (C=O) groups is 1. The van der Waals surface area contributed by atoms with E-state index in [1.165, 1.54) is 24.3 Å². The summed E-state index contributed by atoms with van der Waals surface area (Å²) in [6, 6.07) is 7.86. The number of halogens is 3. The number of para-hydroxylation sites is 1. The van der Waals surface area contributed by atoms with E-state index >= 15 is 0 Å². The molecular formula is C17H17F3N2O. The molecule has 2 aromatic carbocycles. The highest BCUT2D eigenvalue weighted by atomic mass is 19.1. The Morgan fingerprint density at radius 2 is 1.70 bits per heavy atom. The number of amides is 1. The number of nitrogens with one attached hydrogen (secondary N) is 2. The Labute approximate surface area is 132 Å². The van der Waals surface area contributed by atoms with E-state index in [0.717, 1.165) is 12.1 Å². The van der Waals surface area contributed by atoms with Crippen LogP contribution in [0.2, 0.25) is 0 Å². The lowest BCUT2D eigenvalue weighted by Crippen LogP contribution is -2.39. The minimum absolute atomic E-state index is 0.0757. The Bertz CT molecular complexity index is 706. The predicted molar refractivity (Wildman–Crippen MR) is 82.4 cm³/mol. The first kappa shape index (κ1) is 17.0. The molecule has 0 fully saturated rings. The number of hydrogen-bond acceptors (Lipinski definition) is 2. The van der Waals surface area contributed by atoms with E-state index in [9.17, 15) is 18.0 Å². The molecule has 2 rings (SSSR count). The molecule has 0 aliphatic rings. The number of carbonyl (C=O) groups excluding carboxylic acids is 1. The first-order valence-electron chi connectivity index (χ1n) is 7.15. The van der Waals surface area contributed by atoms with E-state index in [2.05, 4.69) is 10.6 Å². The van der Waals surface area contributed by atoms with Crippen LogP contribution < -0.4 is 10.6 Å². The standard InChI is InChI=1S/C17H17F3N2O/c1-10(13-8-7-12(18)9-15(13)20)21-11(2)17(23)22-16-6-4-3-5-14(16)19/h3-11,21H,1-2H3,(H,22,23)/t10-,11-/m1/s1. The maximum Gasteiger partial charge on any atom is 0.241 e. The summed E-state index contributed by atoms with van der Waals surface area (Å²) < 4.78 is 40.2. The second-order valence-electron chi connectivity index (χ2n) is 5.24.